The van der Waals surface area contributed by atoms with Gasteiger partial charge in [-0.05, 0) is 31.0 Å². The molecule has 8 heteroatoms. The van der Waals surface area contributed by atoms with E-state index < -0.39 is 6.61 Å². The molecule has 1 aliphatic rings. The molecule has 27 heavy (non-hydrogen) atoms. The molecule has 1 aromatic carbocycles. The molecule has 138 valence electrons. The van der Waals surface area contributed by atoms with E-state index in [0.29, 0.717) is 22.5 Å². The second-order valence-electron chi connectivity index (χ2n) is 6.42. The Morgan fingerprint density at radius 1 is 1.26 bits per heavy atom. The summed E-state index contributed by atoms with van der Waals surface area (Å²) in [6, 6.07) is 7.17. The molecule has 6 nitrogen and oxygen atoms in total. The number of aromatic nitrogens is 3. The summed E-state index contributed by atoms with van der Waals surface area (Å²) < 4.78 is 31.8. The largest absolute Gasteiger partial charge is 0.435 e. The average Bonchev–Trinajstić information content (AvgIpc) is 3.21. The van der Waals surface area contributed by atoms with E-state index in [1.165, 1.54) is 18.3 Å². The quantitative estimate of drug-likeness (QED) is 0.701. The maximum atomic E-state index is 12.6. The number of halogens is 2. The summed E-state index contributed by atoms with van der Waals surface area (Å²) in [6.45, 7) is -1.41. The zero-order chi connectivity index (χ0) is 18.8. The van der Waals surface area contributed by atoms with Gasteiger partial charge in [0.15, 0.2) is 0 Å². The number of nitrogens with zero attached hydrogens (tertiary/aromatic N) is 5. The van der Waals surface area contributed by atoms with Gasteiger partial charge >= 0.3 is 6.61 Å². The van der Waals surface area contributed by atoms with Gasteiger partial charge in [-0.2, -0.15) is 14.0 Å². The van der Waals surface area contributed by atoms with Crippen molar-refractivity contribution >= 4 is 16.6 Å². The molecule has 1 saturated heterocycles. The highest BCUT2D eigenvalue weighted by Crippen LogP contribution is 2.35. The van der Waals surface area contributed by atoms with Gasteiger partial charge in [-0.1, -0.05) is 0 Å². The minimum atomic E-state index is -2.90. The van der Waals surface area contributed by atoms with E-state index in [9.17, 15) is 14.0 Å². The molecule has 0 N–H and O–H groups in total. The third kappa shape index (κ3) is 3.40. The van der Waals surface area contributed by atoms with Crippen LogP contribution in [0.4, 0.5) is 14.5 Å². The third-order valence-electron chi connectivity index (χ3n) is 4.88. The smallest absolute Gasteiger partial charge is 0.387 e. The predicted octanol–water partition coefficient (Wildman–Crippen LogP) is 3.75. The molecule has 0 atom stereocenters. The zero-order valence-electron chi connectivity index (χ0n) is 14.4. The first-order valence-electron chi connectivity index (χ1n) is 8.66. The van der Waals surface area contributed by atoms with Crippen LogP contribution in [0.1, 0.15) is 24.4 Å². The fourth-order valence-corrected chi connectivity index (χ4v) is 3.63. The zero-order valence-corrected chi connectivity index (χ0v) is 14.4. The highest BCUT2D eigenvalue weighted by atomic mass is 19.3. The minimum Gasteiger partial charge on any atom is -0.435 e. The van der Waals surface area contributed by atoms with Gasteiger partial charge in [0.25, 0.3) is 0 Å². The summed E-state index contributed by atoms with van der Waals surface area (Å²) in [4.78, 5) is 10.5. The van der Waals surface area contributed by atoms with E-state index >= 15 is 0 Å². The topological polar surface area (TPSA) is 67.0 Å². The molecule has 0 unspecified atom stereocenters. The summed E-state index contributed by atoms with van der Waals surface area (Å²) in [7, 11) is 0. The molecule has 1 fully saturated rings. The molecule has 0 radical (unpaired) electrons. The summed E-state index contributed by atoms with van der Waals surface area (Å²) in [5.74, 6) is 0.0592. The van der Waals surface area contributed by atoms with E-state index in [1.54, 1.807) is 12.3 Å². The van der Waals surface area contributed by atoms with Crippen LogP contribution in [-0.4, -0.2) is 34.2 Å². The first kappa shape index (κ1) is 17.2. The maximum absolute atomic E-state index is 12.6. The summed E-state index contributed by atoms with van der Waals surface area (Å²) in [5.41, 5.74) is 1.80. The fourth-order valence-electron chi connectivity index (χ4n) is 3.63. The molecule has 3 aromatic rings. The van der Waals surface area contributed by atoms with Crippen LogP contribution >= 0.6 is 0 Å². The predicted molar refractivity (Wildman–Crippen MR) is 95.8 cm³/mol. The van der Waals surface area contributed by atoms with Gasteiger partial charge in [0.1, 0.15) is 11.8 Å². The number of piperidine rings is 1. The second-order valence-corrected chi connectivity index (χ2v) is 6.42. The number of pyridine rings is 1. The van der Waals surface area contributed by atoms with E-state index in [-0.39, 0.29) is 5.75 Å². The van der Waals surface area contributed by atoms with Crippen molar-refractivity contribution in [3.63, 3.8) is 0 Å². The van der Waals surface area contributed by atoms with Crippen molar-refractivity contribution in [2.45, 2.75) is 25.5 Å². The Hall–Kier alpha value is -3.21. The summed E-state index contributed by atoms with van der Waals surface area (Å²) in [5, 5.41) is 10.2. The lowest BCUT2D eigenvalue weighted by Gasteiger charge is -2.35. The molecular formula is C19H17F2N5O. The monoisotopic (exact) mass is 369 g/mol. The second kappa shape index (κ2) is 7.19. The molecule has 4 rings (SSSR count). The Bertz CT molecular complexity index is 976. The van der Waals surface area contributed by atoms with E-state index in [4.69, 9.17) is 0 Å². The molecule has 0 aliphatic carbocycles. The number of hydrogen-bond acceptors (Lipinski definition) is 5. The van der Waals surface area contributed by atoms with Crippen molar-refractivity contribution in [2.75, 3.05) is 18.0 Å². The van der Waals surface area contributed by atoms with Crippen molar-refractivity contribution in [2.24, 2.45) is 0 Å². The first-order chi connectivity index (χ1) is 13.2. The Labute approximate surface area is 154 Å². The molecule has 3 heterocycles. The standard InChI is InChI=1S/C19H17F2N5O/c20-19(21)27-15-1-2-17-16(9-15)18(13(10-22)11-24-17)25-6-3-14(4-7-25)26-8-5-23-12-26/h1-2,5,8-9,11-12,14,19H,3-4,6-7H2. The number of rotatable bonds is 4. The Morgan fingerprint density at radius 3 is 2.74 bits per heavy atom. The van der Waals surface area contributed by atoms with Crippen molar-refractivity contribution in [1.82, 2.24) is 14.5 Å². The number of benzene rings is 1. The summed E-state index contributed by atoms with van der Waals surface area (Å²) in [6.07, 6.45) is 8.87. The van der Waals surface area contributed by atoms with Crippen molar-refractivity contribution in [3.8, 4) is 11.8 Å². The molecule has 0 amide bonds. The minimum absolute atomic E-state index is 0.0592. The van der Waals surface area contributed by atoms with Gasteiger partial charge in [0.05, 0.1) is 23.1 Å². The van der Waals surface area contributed by atoms with E-state index in [2.05, 4.69) is 30.2 Å². The van der Waals surface area contributed by atoms with Crippen LogP contribution in [0.15, 0.2) is 43.1 Å². The van der Waals surface area contributed by atoms with Crippen LogP contribution in [0.25, 0.3) is 10.9 Å². The number of ether oxygens (including phenoxy) is 1. The van der Waals surface area contributed by atoms with Crippen LogP contribution in [0.2, 0.25) is 0 Å². The van der Waals surface area contributed by atoms with E-state index in [0.717, 1.165) is 31.6 Å². The lowest BCUT2D eigenvalue weighted by Crippen LogP contribution is -2.35. The number of nitriles is 1. The average molecular weight is 369 g/mol. The molecule has 0 saturated carbocycles. The van der Waals surface area contributed by atoms with Gasteiger partial charge in [0.2, 0.25) is 0 Å². The Kier molecular flexibility index (Phi) is 4.59. The summed E-state index contributed by atoms with van der Waals surface area (Å²) >= 11 is 0. The number of imidazole rings is 1. The van der Waals surface area contributed by atoms with Crippen molar-refractivity contribution in [1.29, 1.82) is 5.26 Å². The number of hydrogen-bond donors (Lipinski definition) is 0. The van der Waals surface area contributed by atoms with Gasteiger partial charge in [0, 0.05) is 43.1 Å². The Balaban J connectivity index is 1.68. The van der Waals surface area contributed by atoms with Crippen molar-refractivity contribution < 1.29 is 13.5 Å². The first-order valence-corrected chi connectivity index (χ1v) is 8.66. The third-order valence-corrected chi connectivity index (χ3v) is 4.88. The lowest BCUT2D eigenvalue weighted by molar-refractivity contribution is -0.0497. The van der Waals surface area contributed by atoms with Crippen LogP contribution in [0.5, 0.6) is 5.75 Å². The molecule has 1 aliphatic heterocycles. The van der Waals surface area contributed by atoms with Gasteiger partial charge < -0.3 is 14.2 Å². The lowest BCUT2D eigenvalue weighted by atomic mass is 10.0. The molecule has 0 bridgehead atoms. The fraction of sp³-hybridized carbons (Fsp3) is 0.316. The van der Waals surface area contributed by atoms with Gasteiger partial charge in [-0.25, -0.2) is 4.98 Å². The van der Waals surface area contributed by atoms with Crippen molar-refractivity contribution in [3.05, 3.63) is 48.7 Å². The van der Waals surface area contributed by atoms with Crippen LogP contribution < -0.4 is 9.64 Å². The van der Waals surface area contributed by atoms with Crippen LogP contribution in [0, 0.1) is 11.3 Å². The molecular weight excluding hydrogens is 352 g/mol. The maximum Gasteiger partial charge on any atom is 0.387 e. The molecule has 2 aromatic heterocycles. The number of alkyl halides is 2. The van der Waals surface area contributed by atoms with E-state index in [1.807, 2.05) is 12.5 Å². The normalized spacial score (nSPS) is 15.3. The van der Waals surface area contributed by atoms with Gasteiger partial charge in [-0.15, -0.1) is 0 Å². The number of anilines is 1. The van der Waals surface area contributed by atoms with Crippen LogP contribution in [0.3, 0.4) is 0 Å². The van der Waals surface area contributed by atoms with Gasteiger partial charge in [-0.3, -0.25) is 4.98 Å². The highest BCUT2D eigenvalue weighted by molar-refractivity contribution is 5.95. The highest BCUT2D eigenvalue weighted by Gasteiger charge is 2.24. The molecule has 0 spiro atoms. The Morgan fingerprint density at radius 2 is 2.07 bits per heavy atom. The number of fused-ring (bicyclic) bond motifs is 1. The SMILES string of the molecule is N#Cc1cnc2ccc(OC(F)F)cc2c1N1CCC(n2ccnc2)CC1. The van der Waals surface area contributed by atoms with Crippen LogP contribution in [-0.2, 0) is 0 Å².